The third-order valence-electron chi connectivity index (χ3n) is 3.74. The highest BCUT2D eigenvalue weighted by atomic mass is 32.1. The van der Waals surface area contributed by atoms with E-state index in [1.165, 1.54) is 6.33 Å². The van der Waals surface area contributed by atoms with Gasteiger partial charge in [0.05, 0.1) is 24.2 Å². The number of carbonyl (C=O) groups excluding carboxylic acids is 2. The van der Waals surface area contributed by atoms with Crippen LogP contribution in [0.4, 0.5) is 11.5 Å². The van der Waals surface area contributed by atoms with Gasteiger partial charge in [0, 0.05) is 5.69 Å². The second-order valence-corrected chi connectivity index (χ2v) is 6.64. The minimum atomic E-state index is -0.603. The molecule has 0 atom stereocenters. The number of hydrogen-bond donors (Lipinski definition) is 1. The molecular weight excluding hydrogens is 366 g/mol. The number of benzene rings is 1. The summed E-state index contributed by atoms with van der Waals surface area (Å²) in [6.07, 6.45) is 1.39. The lowest BCUT2D eigenvalue weighted by Crippen LogP contribution is -2.12. The SMILES string of the molecule is CCOC(=O)c1sc2ncnc(Nc3ccc(C)cc3)c2c1C(=O)OCC. The second kappa shape index (κ2) is 8.13. The summed E-state index contributed by atoms with van der Waals surface area (Å²) in [4.78, 5) is 34.1. The highest BCUT2D eigenvalue weighted by molar-refractivity contribution is 7.21. The molecule has 0 unspecified atom stereocenters. The first-order chi connectivity index (χ1) is 13.0. The molecule has 27 heavy (non-hydrogen) atoms. The van der Waals surface area contributed by atoms with Gasteiger partial charge in [-0.3, -0.25) is 0 Å². The van der Waals surface area contributed by atoms with E-state index in [1.54, 1.807) is 13.8 Å². The Morgan fingerprint density at radius 1 is 1.04 bits per heavy atom. The third-order valence-corrected chi connectivity index (χ3v) is 4.82. The predicted molar refractivity (Wildman–Crippen MR) is 104 cm³/mol. The zero-order chi connectivity index (χ0) is 19.4. The molecule has 0 amide bonds. The Bertz CT molecular complexity index is 983. The number of esters is 2. The highest BCUT2D eigenvalue weighted by Gasteiger charge is 2.28. The van der Waals surface area contributed by atoms with E-state index >= 15 is 0 Å². The Morgan fingerprint density at radius 2 is 1.70 bits per heavy atom. The minimum absolute atomic E-state index is 0.130. The van der Waals surface area contributed by atoms with Crippen LogP contribution in [-0.2, 0) is 9.47 Å². The van der Waals surface area contributed by atoms with Crippen LogP contribution in [0.2, 0.25) is 0 Å². The van der Waals surface area contributed by atoms with E-state index in [0.717, 1.165) is 22.6 Å². The molecule has 0 fully saturated rings. The van der Waals surface area contributed by atoms with Crippen molar-refractivity contribution in [1.82, 2.24) is 9.97 Å². The topological polar surface area (TPSA) is 90.4 Å². The number of nitrogens with one attached hydrogen (secondary N) is 1. The molecule has 1 N–H and O–H groups in total. The first-order valence-corrected chi connectivity index (χ1v) is 9.32. The van der Waals surface area contributed by atoms with Crippen molar-refractivity contribution in [2.45, 2.75) is 20.8 Å². The summed E-state index contributed by atoms with van der Waals surface area (Å²) in [7, 11) is 0. The number of thiophene rings is 1. The van der Waals surface area contributed by atoms with Gasteiger partial charge in [0.25, 0.3) is 0 Å². The van der Waals surface area contributed by atoms with E-state index < -0.39 is 11.9 Å². The summed E-state index contributed by atoms with van der Waals surface area (Å²) in [5.41, 5.74) is 2.06. The Labute approximate surface area is 160 Å². The maximum absolute atomic E-state index is 12.6. The molecule has 140 valence electrons. The summed E-state index contributed by atoms with van der Waals surface area (Å²) in [5, 5.41) is 3.64. The summed E-state index contributed by atoms with van der Waals surface area (Å²) >= 11 is 1.09. The number of aromatic nitrogens is 2. The zero-order valence-corrected chi connectivity index (χ0v) is 16.1. The van der Waals surface area contributed by atoms with Crippen molar-refractivity contribution in [2.75, 3.05) is 18.5 Å². The van der Waals surface area contributed by atoms with Crippen LogP contribution >= 0.6 is 11.3 Å². The van der Waals surface area contributed by atoms with Gasteiger partial charge in [0.1, 0.15) is 21.9 Å². The predicted octanol–water partition coefficient (Wildman–Crippen LogP) is 4.10. The molecule has 0 aliphatic heterocycles. The van der Waals surface area contributed by atoms with Gasteiger partial charge in [-0.2, -0.15) is 0 Å². The lowest BCUT2D eigenvalue weighted by molar-refractivity contribution is 0.0485. The molecule has 8 heteroatoms. The quantitative estimate of drug-likeness (QED) is 0.639. The molecule has 3 rings (SSSR count). The fourth-order valence-electron chi connectivity index (χ4n) is 2.54. The zero-order valence-electron chi connectivity index (χ0n) is 15.2. The van der Waals surface area contributed by atoms with Gasteiger partial charge >= 0.3 is 11.9 Å². The Morgan fingerprint density at radius 3 is 2.37 bits per heavy atom. The van der Waals surface area contributed by atoms with Gasteiger partial charge in [0.2, 0.25) is 0 Å². The lowest BCUT2D eigenvalue weighted by atomic mass is 10.1. The molecule has 0 radical (unpaired) electrons. The van der Waals surface area contributed by atoms with Crippen LogP contribution in [0.15, 0.2) is 30.6 Å². The Hall–Kier alpha value is -3.00. The Balaban J connectivity index is 2.15. The molecule has 7 nitrogen and oxygen atoms in total. The maximum Gasteiger partial charge on any atom is 0.349 e. The van der Waals surface area contributed by atoms with Crippen LogP contribution < -0.4 is 5.32 Å². The average Bonchev–Trinajstić information content (AvgIpc) is 3.05. The number of anilines is 2. The van der Waals surface area contributed by atoms with E-state index in [0.29, 0.717) is 16.0 Å². The molecule has 0 saturated carbocycles. The van der Waals surface area contributed by atoms with Gasteiger partial charge < -0.3 is 14.8 Å². The number of rotatable bonds is 6. The van der Waals surface area contributed by atoms with Gasteiger partial charge in [-0.15, -0.1) is 11.3 Å². The van der Waals surface area contributed by atoms with Crippen molar-refractivity contribution in [3.05, 3.63) is 46.6 Å². The molecule has 0 saturated heterocycles. The molecule has 0 aliphatic carbocycles. The minimum Gasteiger partial charge on any atom is -0.462 e. The molecule has 2 heterocycles. The summed E-state index contributed by atoms with van der Waals surface area (Å²) in [5.74, 6) is -0.753. The molecule has 0 aliphatic rings. The van der Waals surface area contributed by atoms with E-state index in [2.05, 4.69) is 15.3 Å². The first kappa shape index (κ1) is 18.8. The lowest BCUT2D eigenvalue weighted by Gasteiger charge is -2.09. The van der Waals surface area contributed by atoms with Crippen LogP contribution in [0.3, 0.4) is 0 Å². The van der Waals surface area contributed by atoms with Crippen molar-refractivity contribution < 1.29 is 19.1 Å². The van der Waals surface area contributed by atoms with Crippen LogP contribution in [0.5, 0.6) is 0 Å². The van der Waals surface area contributed by atoms with E-state index in [4.69, 9.17) is 9.47 Å². The van der Waals surface area contributed by atoms with Crippen molar-refractivity contribution in [2.24, 2.45) is 0 Å². The van der Waals surface area contributed by atoms with Gasteiger partial charge in [0.15, 0.2) is 0 Å². The second-order valence-electron chi connectivity index (χ2n) is 5.64. The van der Waals surface area contributed by atoms with E-state index in [1.807, 2.05) is 31.2 Å². The van der Waals surface area contributed by atoms with Gasteiger partial charge in [-0.05, 0) is 32.9 Å². The van der Waals surface area contributed by atoms with Gasteiger partial charge in [-0.1, -0.05) is 17.7 Å². The number of carbonyl (C=O) groups is 2. The Kier molecular flexibility index (Phi) is 5.66. The van der Waals surface area contributed by atoms with E-state index in [9.17, 15) is 9.59 Å². The summed E-state index contributed by atoms with van der Waals surface area (Å²) in [6.45, 7) is 5.80. The number of ether oxygens (including phenoxy) is 2. The molecule has 0 bridgehead atoms. The number of hydrogen-bond acceptors (Lipinski definition) is 8. The third kappa shape index (κ3) is 3.90. The van der Waals surface area contributed by atoms with Crippen LogP contribution in [-0.4, -0.2) is 35.1 Å². The normalized spacial score (nSPS) is 10.6. The number of aryl methyl sites for hydroxylation is 1. The largest absolute Gasteiger partial charge is 0.462 e. The van der Waals surface area contributed by atoms with Crippen LogP contribution in [0.1, 0.15) is 39.4 Å². The first-order valence-electron chi connectivity index (χ1n) is 8.50. The fraction of sp³-hybridized carbons (Fsp3) is 0.263. The van der Waals surface area contributed by atoms with Crippen LogP contribution in [0, 0.1) is 6.92 Å². The van der Waals surface area contributed by atoms with Crippen molar-refractivity contribution in [1.29, 1.82) is 0 Å². The maximum atomic E-state index is 12.6. The van der Waals surface area contributed by atoms with E-state index in [-0.39, 0.29) is 23.7 Å². The monoisotopic (exact) mass is 385 g/mol. The highest BCUT2D eigenvalue weighted by Crippen LogP contribution is 2.36. The van der Waals surface area contributed by atoms with Crippen molar-refractivity contribution in [3.8, 4) is 0 Å². The number of nitrogens with zero attached hydrogens (tertiary/aromatic N) is 2. The molecule has 2 aromatic heterocycles. The van der Waals surface area contributed by atoms with Crippen molar-refractivity contribution >= 4 is 45.0 Å². The fourth-order valence-corrected chi connectivity index (χ4v) is 3.56. The average molecular weight is 385 g/mol. The smallest absolute Gasteiger partial charge is 0.349 e. The number of fused-ring (bicyclic) bond motifs is 1. The summed E-state index contributed by atoms with van der Waals surface area (Å²) in [6, 6.07) is 7.74. The summed E-state index contributed by atoms with van der Waals surface area (Å²) < 4.78 is 10.3. The molecule has 3 aromatic rings. The molecule has 0 spiro atoms. The standard InChI is InChI=1S/C19H19N3O4S/c1-4-25-18(23)13-14-16(22-12-8-6-11(3)7-9-12)20-10-21-17(14)27-15(13)19(24)26-5-2/h6-10H,4-5H2,1-3H3,(H,20,21,22). The molecule has 1 aromatic carbocycles. The van der Waals surface area contributed by atoms with Crippen molar-refractivity contribution in [3.63, 3.8) is 0 Å². The molecular formula is C19H19N3O4S. The van der Waals surface area contributed by atoms with Gasteiger partial charge in [-0.25, -0.2) is 19.6 Å². The van der Waals surface area contributed by atoms with Crippen LogP contribution in [0.25, 0.3) is 10.2 Å².